The lowest BCUT2D eigenvalue weighted by atomic mass is 10.1. The molecule has 0 aliphatic carbocycles. The second-order valence-electron chi connectivity index (χ2n) is 7.65. The summed E-state index contributed by atoms with van der Waals surface area (Å²) < 4.78 is 41.9. The first-order valence-electron chi connectivity index (χ1n) is 10.5. The molecule has 2 heterocycles. The third kappa shape index (κ3) is 5.57. The number of nitriles is 1. The van der Waals surface area contributed by atoms with Gasteiger partial charge in [-0.3, -0.25) is 4.79 Å². The molecule has 1 N–H and O–H groups in total. The zero-order valence-corrected chi connectivity index (χ0v) is 21.0. The van der Waals surface area contributed by atoms with Crippen LogP contribution in [0.4, 0.5) is 18.9 Å². The Morgan fingerprint density at radius 2 is 1.89 bits per heavy atom. The van der Waals surface area contributed by atoms with Crippen LogP contribution in [0.3, 0.4) is 0 Å². The number of hydrogen-bond donors (Lipinski definition) is 1. The second-order valence-corrected chi connectivity index (χ2v) is 10.1. The lowest BCUT2D eigenvalue weighted by Gasteiger charge is -2.20. The van der Waals surface area contributed by atoms with E-state index in [2.05, 4.69) is 10.3 Å². The number of nitrogens with one attached hydrogen (secondary N) is 1. The van der Waals surface area contributed by atoms with Crippen molar-refractivity contribution >= 4 is 46.3 Å². The first-order chi connectivity index (χ1) is 17.2. The van der Waals surface area contributed by atoms with E-state index in [0.29, 0.717) is 21.2 Å². The summed E-state index contributed by atoms with van der Waals surface area (Å²) in [6.45, 7) is 1.78. The van der Waals surface area contributed by atoms with E-state index in [1.165, 1.54) is 11.3 Å². The molecule has 0 spiro atoms. The van der Waals surface area contributed by atoms with Crippen LogP contribution in [0.25, 0.3) is 10.6 Å². The van der Waals surface area contributed by atoms with Gasteiger partial charge in [0.2, 0.25) is 5.91 Å². The minimum atomic E-state index is -4.78. The molecule has 10 heteroatoms. The largest absolute Gasteiger partial charge is 0.417 e. The predicted octanol–water partition coefficient (Wildman–Crippen LogP) is 8.13. The van der Waals surface area contributed by atoms with Gasteiger partial charge in [0.15, 0.2) is 0 Å². The van der Waals surface area contributed by atoms with Gasteiger partial charge in [0.1, 0.15) is 16.3 Å². The van der Waals surface area contributed by atoms with E-state index in [0.717, 1.165) is 23.4 Å². The van der Waals surface area contributed by atoms with E-state index in [4.69, 9.17) is 11.6 Å². The normalized spacial score (nSPS) is 12.1. The van der Waals surface area contributed by atoms with Crippen LogP contribution in [0.15, 0.2) is 77.1 Å². The minimum Gasteiger partial charge on any atom is -0.323 e. The van der Waals surface area contributed by atoms with Crippen molar-refractivity contribution in [1.29, 1.82) is 5.26 Å². The van der Waals surface area contributed by atoms with Gasteiger partial charge in [0, 0.05) is 0 Å². The Hall–Kier alpha value is -3.32. The third-order valence-corrected chi connectivity index (χ3v) is 7.67. The Morgan fingerprint density at radius 1 is 1.14 bits per heavy atom. The summed E-state index contributed by atoms with van der Waals surface area (Å²) in [5.74, 6) is -0.511. The fraction of sp³-hybridized carbons (Fsp3) is 0.115. The van der Waals surface area contributed by atoms with Crippen molar-refractivity contribution in [1.82, 2.24) is 4.98 Å². The summed E-state index contributed by atoms with van der Waals surface area (Å²) in [6.07, 6.45) is -4.78. The molecular formula is C26H17ClF3N3OS2. The zero-order valence-electron chi connectivity index (χ0n) is 18.6. The Balaban J connectivity index is 1.83. The number of aromatic nitrogens is 1. The van der Waals surface area contributed by atoms with Crippen molar-refractivity contribution in [2.75, 3.05) is 5.32 Å². The van der Waals surface area contributed by atoms with E-state index in [-0.39, 0.29) is 10.7 Å². The van der Waals surface area contributed by atoms with E-state index >= 15 is 0 Å². The van der Waals surface area contributed by atoms with E-state index in [1.807, 2.05) is 0 Å². The smallest absolute Gasteiger partial charge is 0.323 e. The van der Waals surface area contributed by atoms with E-state index in [1.54, 1.807) is 79.0 Å². The molecule has 0 radical (unpaired) electrons. The first kappa shape index (κ1) is 25.8. The summed E-state index contributed by atoms with van der Waals surface area (Å²) in [5, 5.41) is 13.3. The molecule has 0 unspecified atom stereocenters. The quantitative estimate of drug-likeness (QED) is 0.249. The summed E-state index contributed by atoms with van der Waals surface area (Å²) >= 11 is 8.30. The standard InChI is InChI=1S/C26H17ClF3N3OS2/c1-15-7-5-10-19(27)22(15)33-24(34)23(16-8-3-2-4-9-16)36-25-17(14-31)18(26(28,29)30)13-20(32-25)21-11-6-12-35-21/h2-13,23H,1H3,(H,33,34)/t23-/m1/s1. The lowest BCUT2D eigenvalue weighted by molar-refractivity contribution is -0.138. The van der Waals surface area contributed by atoms with Gasteiger partial charge < -0.3 is 5.32 Å². The number of carbonyl (C=O) groups excluding carboxylic acids is 1. The second kappa shape index (κ2) is 10.7. The number of rotatable bonds is 6. The molecule has 0 fully saturated rings. The monoisotopic (exact) mass is 543 g/mol. The number of aryl methyl sites for hydroxylation is 1. The Morgan fingerprint density at radius 3 is 2.50 bits per heavy atom. The number of pyridine rings is 1. The number of anilines is 1. The van der Waals surface area contributed by atoms with Crippen LogP contribution in [0.2, 0.25) is 5.02 Å². The molecule has 4 aromatic rings. The number of thioether (sulfide) groups is 1. The highest BCUT2D eigenvalue weighted by atomic mass is 35.5. The molecule has 36 heavy (non-hydrogen) atoms. The highest BCUT2D eigenvalue weighted by Crippen LogP contribution is 2.43. The topological polar surface area (TPSA) is 65.8 Å². The first-order valence-corrected chi connectivity index (χ1v) is 12.7. The lowest BCUT2D eigenvalue weighted by Crippen LogP contribution is -2.20. The average Bonchev–Trinajstić information content (AvgIpc) is 3.39. The van der Waals surface area contributed by atoms with Crippen LogP contribution >= 0.6 is 34.7 Å². The number of benzene rings is 2. The van der Waals surface area contributed by atoms with Crippen molar-refractivity contribution in [3.8, 4) is 16.6 Å². The maximum Gasteiger partial charge on any atom is 0.417 e. The summed E-state index contributed by atoms with van der Waals surface area (Å²) in [7, 11) is 0. The van der Waals surface area contributed by atoms with Crippen LogP contribution in [0.5, 0.6) is 0 Å². The van der Waals surface area contributed by atoms with Gasteiger partial charge in [0.05, 0.1) is 32.4 Å². The Labute approximate surface area is 218 Å². The van der Waals surface area contributed by atoms with Crippen LogP contribution < -0.4 is 5.32 Å². The molecule has 1 amide bonds. The number of thiophene rings is 1. The SMILES string of the molecule is Cc1cccc(Cl)c1NC(=O)[C@H](Sc1nc(-c2cccs2)cc(C(F)(F)F)c1C#N)c1ccccc1. The number of alkyl halides is 3. The van der Waals surface area contributed by atoms with E-state index in [9.17, 15) is 23.2 Å². The van der Waals surface area contributed by atoms with Crippen LogP contribution in [-0.4, -0.2) is 10.9 Å². The molecule has 2 aromatic heterocycles. The predicted molar refractivity (Wildman–Crippen MR) is 137 cm³/mol. The molecule has 0 aliphatic heterocycles. The van der Waals surface area contributed by atoms with Gasteiger partial charge in [-0.25, -0.2) is 4.98 Å². The maximum atomic E-state index is 14.0. The van der Waals surface area contributed by atoms with Gasteiger partial charge >= 0.3 is 6.18 Å². The van der Waals surface area contributed by atoms with Gasteiger partial charge in [-0.2, -0.15) is 18.4 Å². The molecule has 4 nitrogen and oxygen atoms in total. The number of halogens is 4. The fourth-order valence-electron chi connectivity index (χ4n) is 3.48. The Kier molecular flexibility index (Phi) is 7.69. The van der Waals surface area contributed by atoms with Crippen LogP contribution in [-0.2, 0) is 11.0 Å². The summed E-state index contributed by atoms with van der Waals surface area (Å²) in [5.41, 5.74) is 0.0130. The van der Waals surface area contributed by atoms with Crippen LogP contribution in [0, 0.1) is 18.3 Å². The van der Waals surface area contributed by atoms with Crippen molar-refractivity contribution in [2.24, 2.45) is 0 Å². The van der Waals surface area contributed by atoms with Gasteiger partial charge in [-0.15, -0.1) is 11.3 Å². The average molecular weight is 544 g/mol. The third-order valence-electron chi connectivity index (χ3n) is 5.22. The molecule has 2 aromatic carbocycles. The number of carbonyl (C=O) groups is 1. The Bertz CT molecular complexity index is 1420. The minimum absolute atomic E-state index is 0.0768. The number of hydrogen-bond acceptors (Lipinski definition) is 5. The molecule has 1 atom stereocenters. The molecule has 4 rings (SSSR count). The fourth-order valence-corrected chi connectivity index (χ4v) is 5.54. The van der Waals surface area contributed by atoms with Gasteiger partial charge in [-0.05, 0) is 41.6 Å². The highest BCUT2D eigenvalue weighted by Gasteiger charge is 2.37. The van der Waals surface area contributed by atoms with Gasteiger partial charge in [-0.1, -0.05) is 71.9 Å². The van der Waals surface area contributed by atoms with Crippen molar-refractivity contribution < 1.29 is 18.0 Å². The molecule has 0 saturated heterocycles. The number of amides is 1. The van der Waals surface area contributed by atoms with Crippen molar-refractivity contribution in [3.63, 3.8) is 0 Å². The summed E-state index contributed by atoms with van der Waals surface area (Å²) in [6, 6.07) is 19.6. The molecular weight excluding hydrogens is 527 g/mol. The highest BCUT2D eigenvalue weighted by molar-refractivity contribution is 8.00. The van der Waals surface area contributed by atoms with Crippen LogP contribution in [0.1, 0.15) is 27.5 Å². The molecule has 0 bridgehead atoms. The van der Waals surface area contributed by atoms with Gasteiger partial charge in [0.25, 0.3) is 0 Å². The van der Waals surface area contributed by atoms with E-state index < -0.39 is 28.5 Å². The summed E-state index contributed by atoms with van der Waals surface area (Å²) in [4.78, 5) is 18.4. The molecule has 182 valence electrons. The zero-order chi connectivity index (χ0) is 25.9. The number of nitrogens with zero attached hydrogens (tertiary/aromatic N) is 2. The van der Waals surface area contributed by atoms with Crippen molar-refractivity contribution in [3.05, 3.63) is 99.4 Å². The number of para-hydroxylation sites is 1. The molecule has 0 saturated carbocycles. The maximum absolute atomic E-state index is 14.0. The molecule has 0 aliphatic rings. The van der Waals surface area contributed by atoms with Crippen molar-refractivity contribution in [2.45, 2.75) is 23.4 Å².